The van der Waals surface area contributed by atoms with E-state index in [1.165, 1.54) is 11.1 Å². The maximum Gasteiger partial charge on any atom is 0.220 e. The number of hydrogen-bond donors (Lipinski definition) is 1. The molecule has 168 valence electrons. The van der Waals surface area contributed by atoms with E-state index in [4.69, 9.17) is 4.42 Å². The van der Waals surface area contributed by atoms with Crippen molar-refractivity contribution in [2.24, 2.45) is 0 Å². The average Bonchev–Trinajstić information content (AvgIpc) is 3.25. The number of aryl methyl sites for hydroxylation is 3. The van der Waals surface area contributed by atoms with Crippen LogP contribution in [-0.2, 0) is 24.1 Å². The highest BCUT2D eigenvalue weighted by Gasteiger charge is 2.10. The first-order valence-electron chi connectivity index (χ1n) is 11.1. The van der Waals surface area contributed by atoms with Gasteiger partial charge in [0.1, 0.15) is 5.82 Å². The summed E-state index contributed by atoms with van der Waals surface area (Å²) in [5, 5.41) is 11.1. The van der Waals surface area contributed by atoms with Crippen molar-refractivity contribution < 1.29 is 9.21 Å². The Balaban J connectivity index is 1.22. The first kappa shape index (κ1) is 22.3. The summed E-state index contributed by atoms with van der Waals surface area (Å²) < 4.78 is 5.73. The molecule has 2 aromatic heterocycles. The topological polar surface area (TPSA) is 93.8 Å². The van der Waals surface area contributed by atoms with Crippen LogP contribution < -0.4 is 5.32 Å². The third-order valence-electron chi connectivity index (χ3n) is 5.19. The zero-order valence-corrected chi connectivity index (χ0v) is 18.9. The lowest BCUT2D eigenvalue weighted by Crippen LogP contribution is -2.26. The lowest BCUT2D eigenvalue weighted by Gasteiger charge is -2.05. The molecule has 4 rings (SSSR count). The number of hydrogen-bond acceptors (Lipinski definition) is 6. The van der Waals surface area contributed by atoms with Crippen LogP contribution in [0.2, 0.25) is 0 Å². The largest absolute Gasteiger partial charge is 0.425 e. The highest BCUT2D eigenvalue weighted by Crippen LogP contribution is 2.20. The molecule has 0 unspecified atom stereocenters. The van der Waals surface area contributed by atoms with Crippen molar-refractivity contribution in [3.8, 4) is 11.1 Å². The molecular formula is C26H27N5O2. The quantitative estimate of drug-likeness (QED) is 0.422. The normalized spacial score (nSPS) is 10.8. The van der Waals surface area contributed by atoms with Gasteiger partial charge in [-0.05, 0) is 36.6 Å². The Morgan fingerprint density at radius 1 is 0.848 bits per heavy atom. The number of amides is 1. The Morgan fingerprint density at radius 2 is 1.52 bits per heavy atom. The lowest BCUT2D eigenvalue weighted by atomic mass is 10.0. The second kappa shape index (κ2) is 10.6. The molecule has 1 amide bonds. The number of benzene rings is 2. The lowest BCUT2D eigenvalue weighted by molar-refractivity contribution is -0.121. The van der Waals surface area contributed by atoms with E-state index in [1.807, 2.05) is 38.1 Å². The van der Waals surface area contributed by atoms with Gasteiger partial charge in [-0.3, -0.25) is 4.79 Å². The van der Waals surface area contributed by atoms with E-state index in [0.29, 0.717) is 44.0 Å². The second-order valence-electron chi connectivity index (χ2n) is 8.00. The fourth-order valence-electron chi connectivity index (χ4n) is 3.61. The van der Waals surface area contributed by atoms with E-state index in [0.717, 1.165) is 22.8 Å². The third-order valence-corrected chi connectivity index (χ3v) is 5.19. The molecule has 0 radical (unpaired) electrons. The van der Waals surface area contributed by atoms with Gasteiger partial charge in [0.15, 0.2) is 0 Å². The summed E-state index contributed by atoms with van der Waals surface area (Å²) in [4.78, 5) is 20.9. The standard InChI is InChI=1S/C26H27N5O2/c1-18-16-19(2)29-23(28-18)14-15-27-24(32)12-13-25-30-31-26(33-25)17-20-8-10-22(11-9-20)21-6-4-3-5-7-21/h3-11,16H,12-15,17H2,1-2H3,(H,27,32). The highest BCUT2D eigenvalue weighted by atomic mass is 16.4. The van der Waals surface area contributed by atoms with Gasteiger partial charge in [-0.2, -0.15) is 0 Å². The summed E-state index contributed by atoms with van der Waals surface area (Å²) in [7, 11) is 0. The van der Waals surface area contributed by atoms with Gasteiger partial charge in [0.25, 0.3) is 0 Å². The Hall–Kier alpha value is -3.87. The molecule has 4 aromatic rings. The third kappa shape index (κ3) is 6.55. The van der Waals surface area contributed by atoms with Crippen LogP contribution in [-0.4, -0.2) is 32.6 Å². The first-order valence-corrected chi connectivity index (χ1v) is 11.1. The summed E-state index contributed by atoms with van der Waals surface area (Å²) in [5.74, 6) is 1.70. The van der Waals surface area contributed by atoms with E-state index >= 15 is 0 Å². The molecule has 33 heavy (non-hydrogen) atoms. The van der Waals surface area contributed by atoms with Gasteiger partial charge in [0, 0.05) is 37.2 Å². The van der Waals surface area contributed by atoms with Gasteiger partial charge in [-0.15, -0.1) is 10.2 Å². The maximum absolute atomic E-state index is 12.1. The van der Waals surface area contributed by atoms with Crippen molar-refractivity contribution in [2.45, 2.75) is 39.5 Å². The van der Waals surface area contributed by atoms with Crippen molar-refractivity contribution in [3.05, 3.63) is 95.2 Å². The van der Waals surface area contributed by atoms with Crippen LogP contribution in [0, 0.1) is 13.8 Å². The number of carbonyl (C=O) groups excluding carboxylic acids is 1. The van der Waals surface area contributed by atoms with Crippen molar-refractivity contribution in [2.75, 3.05) is 6.54 Å². The van der Waals surface area contributed by atoms with Crippen molar-refractivity contribution in [1.29, 1.82) is 0 Å². The summed E-state index contributed by atoms with van der Waals surface area (Å²) >= 11 is 0. The molecule has 0 aliphatic rings. The van der Waals surface area contributed by atoms with Crippen LogP contribution in [0.3, 0.4) is 0 Å². The average molecular weight is 442 g/mol. The van der Waals surface area contributed by atoms with E-state index in [1.54, 1.807) is 0 Å². The zero-order valence-electron chi connectivity index (χ0n) is 18.9. The van der Waals surface area contributed by atoms with Crippen LogP contribution >= 0.6 is 0 Å². The predicted octanol–water partition coefficient (Wildman–Crippen LogP) is 4.03. The molecule has 0 atom stereocenters. The maximum atomic E-state index is 12.1. The SMILES string of the molecule is Cc1cc(C)nc(CCNC(=O)CCc2nnc(Cc3ccc(-c4ccccc4)cc3)o2)n1. The van der Waals surface area contributed by atoms with Crippen LogP contribution in [0.15, 0.2) is 65.1 Å². The van der Waals surface area contributed by atoms with Gasteiger partial charge in [-0.25, -0.2) is 9.97 Å². The van der Waals surface area contributed by atoms with E-state index in [2.05, 4.69) is 61.9 Å². The number of nitrogens with one attached hydrogen (secondary N) is 1. The molecule has 2 heterocycles. The number of carbonyl (C=O) groups is 1. The first-order chi connectivity index (χ1) is 16.0. The minimum atomic E-state index is -0.0596. The van der Waals surface area contributed by atoms with Gasteiger partial charge < -0.3 is 9.73 Å². The molecule has 0 bridgehead atoms. The van der Waals surface area contributed by atoms with Gasteiger partial charge in [0.2, 0.25) is 17.7 Å². The fraction of sp³-hybridized carbons (Fsp3) is 0.269. The van der Waals surface area contributed by atoms with Gasteiger partial charge >= 0.3 is 0 Å². The Morgan fingerprint density at radius 3 is 2.24 bits per heavy atom. The van der Waals surface area contributed by atoms with E-state index < -0.39 is 0 Å². The van der Waals surface area contributed by atoms with Crippen LogP contribution in [0.4, 0.5) is 0 Å². The van der Waals surface area contributed by atoms with E-state index in [9.17, 15) is 4.79 Å². The predicted molar refractivity (Wildman–Crippen MR) is 126 cm³/mol. The monoisotopic (exact) mass is 441 g/mol. The van der Waals surface area contributed by atoms with Crippen LogP contribution in [0.25, 0.3) is 11.1 Å². The number of nitrogens with zero attached hydrogens (tertiary/aromatic N) is 4. The van der Waals surface area contributed by atoms with Crippen LogP contribution in [0.5, 0.6) is 0 Å². The Kier molecular flexibility index (Phi) is 7.19. The summed E-state index contributed by atoms with van der Waals surface area (Å²) in [5.41, 5.74) is 5.31. The molecule has 0 aliphatic heterocycles. The van der Waals surface area contributed by atoms with E-state index in [-0.39, 0.29) is 5.91 Å². The summed E-state index contributed by atoms with van der Waals surface area (Å²) in [6.45, 7) is 4.38. The Labute approximate surface area is 193 Å². The van der Waals surface area contributed by atoms with Crippen molar-refractivity contribution in [3.63, 3.8) is 0 Å². The molecule has 2 aromatic carbocycles. The Bertz CT molecular complexity index is 1180. The molecule has 7 heteroatoms. The second-order valence-corrected chi connectivity index (χ2v) is 8.00. The highest BCUT2D eigenvalue weighted by molar-refractivity contribution is 5.76. The molecule has 1 N–H and O–H groups in total. The number of aromatic nitrogens is 4. The minimum absolute atomic E-state index is 0.0596. The molecule has 0 spiro atoms. The molecule has 0 aliphatic carbocycles. The van der Waals surface area contributed by atoms with Crippen molar-refractivity contribution >= 4 is 5.91 Å². The number of rotatable bonds is 9. The summed E-state index contributed by atoms with van der Waals surface area (Å²) in [6, 6.07) is 20.5. The molecular weight excluding hydrogens is 414 g/mol. The van der Waals surface area contributed by atoms with Crippen molar-refractivity contribution in [1.82, 2.24) is 25.5 Å². The van der Waals surface area contributed by atoms with Gasteiger partial charge in [-0.1, -0.05) is 54.6 Å². The minimum Gasteiger partial charge on any atom is -0.425 e. The van der Waals surface area contributed by atoms with Crippen LogP contribution in [0.1, 0.15) is 41.0 Å². The zero-order chi connectivity index (χ0) is 23.0. The fourth-order valence-corrected chi connectivity index (χ4v) is 3.61. The smallest absolute Gasteiger partial charge is 0.220 e. The van der Waals surface area contributed by atoms with Gasteiger partial charge in [0.05, 0.1) is 6.42 Å². The molecule has 0 fully saturated rings. The summed E-state index contributed by atoms with van der Waals surface area (Å²) in [6.07, 6.45) is 1.86. The molecule has 0 saturated carbocycles. The molecule has 7 nitrogen and oxygen atoms in total. The molecule has 0 saturated heterocycles.